The molecule has 1 aliphatic rings. The van der Waals surface area contributed by atoms with E-state index in [4.69, 9.17) is 0 Å². The molecule has 19 heavy (non-hydrogen) atoms. The number of aldehydes is 1. The van der Waals surface area contributed by atoms with E-state index in [-0.39, 0.29) is 16.3 Å². The fraction of sp³-hybridized carbons (Fsp3) is 0.692. The van der Waals surface area contributed by atoms with Gasteiger partial charge in [-0.05, 0) is 25.2 Å². The lowest BCUT2D eigenvalue weighted by molar-refractivity contribution is 0.111. The first kappa shape index (κ1) is 14.2. The SMILES string of the molecule is CCCCS(=O)(=O)c1c(C=O)cnn1CC1CCC1. The monoisotopic (exact) mass is 284 g/mol. The molecule has 0 aliphatic heterocycles. The summed E-state index contributed by atoms with van der Waals surface area (Å²) in [5, 5.41) is 4.20. The lowest BCUT2D eigenvalue weighted by Gasteiger charge is -2.25. The zero-order chi connectivity index (χ0) is 13.9. The first-order chi connectivity index (χ1) is 9.08. The predicted octanol–water partition coefficient (Wildman–Crippen LogP) is 2.07. The number of rotatable bonds is 7. The summed E-state index contributed by atoms with van der Waals surface area (Å²) in [5.74, 6) is 0.584. The molecule has 1 aromatic rings. The van der Waals surface area contributed by atoms with Crippen LogP contribution in [0.5, 0.6) is 0 Å². The summed E-state index contributed by atoms with van der Waals surface area (Å²) in [7, 11) is -3.41. The van der Waals surface area contributed by atoms with Crippen molar-refractivity contribution in [3.63, 3.8) is 0 Å². The van der Waals surface area contributed by atoms with E-state index < -0.39 is 9.84 Å². The zero-order valence-electron chi connectivity index (χ0n) is 11.2. The Morgan fingerprint density at radius 3 is 2.74 bits per heavy atom. The molecule has 0 spiro atoms. The Kier molecular flexibility index (Phi) is 4.39. The van der Waals surface area contributed by atoms with Crippen LogP contribution in [-0.2, 0) is 16.4 Å². The normalized spacial score (nSPS) is 16.3. The van der Waals surface area contributed by atoms with E-state index in [2.05, 4.69) is 5.10 Å². The van der Waals surface area contributed by atoms with E-state index in [0.29, 0.717) is 25.2 Å². The van der Waals surface area contributed by atoms with E-state index in [1.54, 1.807) is 0 Å². The average Bonchev–Trinajstić information content (AvgIpc) is 2.75. The van der Waals surface area contributed by atoms with E-state index in [0.717, 1.165) is 19.3 Å². The van der Waals surface area contributed by atoms with Crippen LogP contribution >= 0.6 is 0 Å². The Morgan fingerprint density at radius 1 is 1.47 bits per heavy atom. The summed E-state index contributed by atoms with van der Waals surface area (Å²) in [6.45, 7) is 2.55. The molecule has 0 saturated heterocycles. The van der Waals surface area contributed by atoms with Gasteiger partial charge in [-0.15, -0.1) is 0 Å². The Labute approximate surface area is 113 Å². The van der Waals surface area contributed by atoms with Crippen LogP contribution in [0.15, 0.2) is 11.2 Å². The number of nitrogens with zero attached hydrogens (tertiary/aromatic N) is 2. The van der Waals surface area contributed by atoms with Crippen LogP contribution in [0.4, 0.5) is 0 Å². The van der Waals surface area contributed by atoms with Gasteiger partial charge in [0, 0.05) is 6.54 Å². The fourth-order valence-electron chi connectivity index (χ4n) is 2.29. The quantitative estimate of drug-likeness (QED) is 0.719. The van der Waals surface area contributed by atoms with Crippen molar-refractivity contribution >= 4 is 16.1 Å². The third kappa shape index (κ3) is 3.05. The Bertz CT molecular complexity index is 544. The van der Waals surface area contributed by atoms with Gasteiger partial charge in [0.1, 0.15) is 0 Å². The summed E-state index contributed by atoms with van der Waals surface area (Å²) in [6.07, 6.45) is 6.80. The molecule has 0 atom stereocenters. The highest BCUT2D eigenvalue weighted by atomic mass is 32.2. The van der Waals surface area contributed by atoms with Crippen LogP contribution in [-0.4, -0.2) is 30.2 Å². The third-order valence-electron chi connectivity index (χ3n) is 3.66. The van der Waals surface area contributed by atoms with Crippen molar-refractivity contribution in [1.82, 2.24) is 9.78 Å². The molecule has 2 rings (SSSR count). The second-order valence-electron chi connectivity index (χ2n) is 5.17. The van der Waals surface area contributed by atoms with Gasteiger partial charge in [0.15, 0.2) is 21.1 Å². The number of aromatic nitrogens is 2. The minimum Gasteiger partial charge on any atom is -0.298 e. The number of carbonyl (C=O) groups excluding carboxylic acids is 1. The molecule has 6 heteroatoms. The highest BCUT2D eigenvalue weighted by Crippen LogP contribution is 2.29. The van der Waals surface area contributed by atoms with E-state index in [9.17, 15) is 13.2 Å². The first-order valence-corrected chi connectivity index (χ1v) is 8.47. The molecule has 0 aromatic carbocycles. The Morgan fingerprint density at radius 2 is 2.21 bits per heavy atom. The van der Waals surface area contributed by atoms with Gasteiger partial charge in [0.2, 0.25) is 0 Å². The fourth-order valence-corrected chi connectivity index (χ4v) is 4.06. The number of hydrogen-bond acceptors (Lipinski definition) is 4. The van der Waals surface area contributed by atoms with Crippen LogP contribution in [0.3, 0.4) is 0 Å². The molecule has 1 heterocycles. The van der Waals surface area contributed by atoms with Gasteiger partial charge < -0.3 is 0 Å². The molecular weight excluding hydrogens is 264 g/mol. The molecular formula is C13H20N2O3S. The first-order valence-electron chi connectivity index (χ1n) is 6.82. The highest BCUT2D eigenvalue weighted by Gasteiger charge is 2.27. The van der Waals surface area contributed by atoms with Crippen LogP contribution in [0.1, 0.15) is 49.4 Å². The standard InChI is InChI=1S/C13H20N2O3S/c1-2-3-7-19(17,18)13-12(10-16)8-14-15(13)9-11-5-4-6-11/h8,10-11H,2-7,9H2,1H3. The maximum Gasteiger partial charge on any atom is 0.196 e. The van der Waals surface area contributed by atoms with E-state index >= 15 is 0 Å². The summed E-state index contributed by atoms with van der Waals surface area (Å²) in [6, 6.07) is 0. The van der Waals surface area contributed by atoms with Gasteiger partial charge in [-0.2, -0.15) is 5.10 Å². The summed E-state index contributed by atoms with van der Waals surface area (Å²) in [4.78, 5) is 11.0. The van der Waals surface area contributed by atoms with Gasteiger partial charge in [0.25, 0.3) is 0 Å². The van der Waals surface area contributed by atoms with E-state index in [1.807, 2.05) is 6.92 Å². The lowest BCUT2D eigenvalue weighted by Crippen LogP contribution is -2.22. The highest BCUT2D eigenvalue weighted by molar-refractivity contribution is 7.91. The molecule has 1 saturated carbocycles. The van der Waals surface area contributed by atoms with Crippen molar-refractivity contribution in [2.45, 2.75) is 50.6 Å². The summed E-state index contributed by atoms with van der Waals surface area (Å²) >= 11 is 0. The summed E-state index contributed by atoms with van der Waals surface area (Å²) < 4.78 is 26.2. The molecule has 1 aromatic heterocycles. The molecule has 0 N–H and O–H groups in total. The van der Waals surface area contributed by atoms with Crippen LogP contribution < -0.4 is 0 Å². The molecule has 1 fully saturated rings. The molecule has 0 unspecified atom stereocenters. The second-order valence-corrected chi connectivity index (χ2v) is 7.20. The molecule has 5 nitrogen and oxygen atoms in total. The van der Waals surface area contributed by atoms with Crippen molar-refractivity contribution < 1.29 is 13.2 Å². The molecule has 0 radical (unpaired) electrons. The Hall–Kier alpha value is -1.17. The maximum atomic E-state index is 12.3. The second kappa shape index (κ2) is 5.86. The molecule has 106 valence electrons. The number of hydrogen-bond donors (Lipinski definition) is 0. The summed E-state index contributed by atoms with van der Waals surface area (Å²) in [5.41, 5.74) is 0.190. The van der Waals surface area contributed by atoms with Crippen molar-refractivity contribution in [2.75, 3.05) is 5.75 Å². The van der Waals surface area contributed by atoms with Gasteiger partial charge in [0.05, 0.1) is 17.5 Å². The smallest absolute Gasteiger partial charge is 0.196 e. The van der Waals surface area contributed by atoms with Gasteiger partial charge >= 0.3 is 0 Å². The van der Waals surface area contributed by atoms with Crippen molar-refractivity contribution in [2.24, 2.45) is 5.92 Å². The molecule has 1 aliphatic carbocycles. The predicted molar refractivity (Wildman–Crippen MR) is 71.9 cm³/mol. The maximum absolute atomic E-state index is 12.3. The number of unbranched alkanes of at least 4 members (excludes halogenated alkanes) is 1. The largest absolute Gasteiger partial charge is 0.298 e. The lowest BCUT2D eigenvalue weighted by atomic mass is 9.85. The minimum atomic E-state index is -3.41. The molecule has 0 amide bonds. The average molecular weight is 284 g/mol. The minimum absolute atomic E-state index is 0.0840. The van der Waals surface area contributed by atoms with Crippen molar-refractivity contribution in [3.8, 4) is 0 Å². The van der Waals surface area contributed by atoms with Crippen LogP contribution in [0, 0.1) is 5.92 Å². The Balaban J connectivity index is 2.29. The zero-order valence-corrected chi connectivity index (χ0v) is 12.0. The number of sulfone groups is 1. The van der Waals surface area contributed by atoms with Crippen molar-refractivity contribution in [1.29, 1.82) is 0 Å². The van der Waals surface area contributed by atoms with Gasteiger partial charge in [-0.1, -0.05) is 19.8 Å². The topological polar surface area (TPSA) is 69.0 Å². The van der Waals surface area contributed by atoms with E-state index in [1.165, 1.54) is 17.3 Å². The van der Waals surface area contributed by atoms with Gasteiger partial charge in [-0.25, -0.2) is 8.42 Å². The molecule has 0 bridgehead atoms. The van der Waals surface area contributed by atoms with Crippen LogP contribution in [0.2, 0.25) is 0 Å². The third-order valence-corrected chi connectivity index (χ3v) is 5.52. The van der Waals surface area contributed by atoms with Gasteiger partial charge in [-0.3, -0.25) is 9.48 Å². The van der Waals surface area contributed by atoms with Crippen LogP contribution in [0.25, 0.3) is 0 Å². The number of carbonyl (C=O) groups is 1. The van der Waals surface area contributed by atoms with Crippen molar-refractivity contribution in [3.05, 3.63) is 11.8 Å².